The normalized spacial score (nSPS) is 36.9. The molecule has 4 heteroatoms. The Morgan fingerprint density at radius 1 is 1.11 bits per heavy atom. The maximum absolute atomic E-state index is 12.5. The number of nitrogens with zero attached hydrogens (tertiary/aromatic N) is 1. The van der Waals surface area contributed by atoms with Crippen LogP contribution in [0, 0.1) is 23.7 Å². The van der Waals surface area contributed by atoms with E-state index >= 15 is 0 Å². The second-order valence-corrected chi connectivity index (χ2v) is 6.51. The van der Waals surface area contributed by atoms with E-state index in [1.54, 1.807) is 0 Å². The Labute approximate surface area is 114 Å². The quantitative estimate of drug-likeness (QED) is 0.847. The van der Waals surface area contributed by atoms with Crippen LogP contribution in [0.5, 0.6) is 0 Å². The van der Waals surface area contributed by atoms with Crippen LogP contribution < -0.4 is 0 Å². The minimum Gasteiger partial charge on any atom is -0.481 e. The van der Waals surface area contributed by atoms with Crippen molar-refractivity contribution in [1.82, 2.24) is 4.90 Å². The number of likely N-dealkylation sites (tertiary alicyclic amines) is 1. The van der Waals surface area contributed by atoms with Crippen molar-refractivity contribution in [3.8, 4) is 0 Å². The summed E-state index contributed by atoms with van der Waals surface area (Å²) in [5.41, 5.74) is 0. The third-order valence-electron chi connectivity index (χ3n) is 5.31. The molecule has 0 aromatic heterocycles. The van der Waals surface area contributed by atoms with Crippen molar-refractivity contribution in [2.24, 2.45) is 23.7 Å². The van der Waals surface area contributed by atoms with Crippen molar-refractivity contribution in [3.05, 3.63) is 0 Å². The molecule has 1 aliphatic heterocycles. The molecule has 1 saturated heterocycles. The van der Waals surface area contributed by atoms with Crippen LogP contribution in [0.1, 0.15) is 44.9 Å². The summed E-state index contributed by atoms with van der Waals surface area (Å²) in [6, 6.07) is 0. The van der Waals surface area contributed by atoms with Gasteiger partial charge in [-0.25, -0.2) is 0 Å². The van der Waals surface area contributed by atoms with E-state index in [9.17, 15) is 9.59 Å². The van der Waals surface area contributed by atoms with Gasteiger partial charge in [0.2, 0.25) is 5.91 Å². The van der Waals surface area contributed by atoms with E-state index in [1.165, 1.54) is 25.7 Å². The molecular weight excluding hydrogens is 242 g/mol. The van der Waals surface area contributed by atoms with E-state index in [0.717, 1.165) is 25.9 Å². The molecule has 106 valence electrons. The number of carboxylic acid groups (broad SMARTS) is 1. The smallest absolute Gasteiger partial charge is 0.303 e. The number of amides is 1. The highest BCUT2D eigenvalue weighted by atomic mass is 16.4. The summed E-state index contributed by atoms with van der Waals surface area (Å²) in [6.45, 7) is 1.64. The Kier molecular flexibility index (Phi) is 3.50. The molecule has 1 heterocycles. The molecule has 19 heavy (non-hydrogen) atoms. The minimum atomic E-state index is -0.724. The Morgan fingerprint density at radius 2 is 1.79 bits per heavy atom. The van der Waals surface area contributed by atoms with Crippen molar-refractivity contribution < 1.29 is 14.7 Å². The van der Waals surface area contributed by atoms with Gasteiger partial charge in [0.15, 0.2) is 0 Å². The first kappa shape index (κ1) is 12.9. The molecule has 3 unspecified atom stereocenters. The van der Waals surface area contributed by atoms with Crippen molar-refractivity contribution in [2.75, 3.05) is 13.1 Å². The summed E-state index contributed by atoms with van der Waals surface area (Å²) in [5, 5.41) is 8.71. The topological polar surface area (TPSA) is 57.6 Å². The molecule has 2 saturated carbocycles. The predicted molar refractivity (Wildman–Crippen MR) is 70.5 cm³/mol. The average molecular weight is 265 g/mol. The summed E-state index contributed by atoms with van der Waals surface area (Å²) in [6.07, 6.45) is 7.03. The number of hydrogen-bond acceptors (Lipinski definition) is 2. The van der Waals surface area contributed by atoms with Crippen LogP contribution in [-0.4, -0.2) is 35.0 Å². The summed E-state index contributed by atoms with van der Waals surface area (Å²) < 4.78 is 0. The summed E-state index contributed by atoms with van der Waals surface area (Å²) >= 11 is 0. The number of carbonyl (C=O) groups is 2. The monoisotopic (exact) mass is 265 g/mol. The third-order valence-corrected chi connectivity index (χ3v) is 5.31. The lowest BCUT2D eigenvalue weighted by atomic mass is 10.0. The van der Waals surface area contributed by atoms with E-state index in [2.05, 4.69) is 0 Å². The van der Waals surface area contributed by atoms with E-state index < -0.39 is 5.97 Å². The Hall–Kier alpha value is -1.06. The Balaban J connectivity index is 1.48. The molecule has 4 nitrogen and oxygen atoms in total. The molecule has 3 atom stereocenters. The summed E-state index contributed by atoms with van der Waals surface area (Å²) in [5.74, 6) is 1.73. The molecule has 1 N–H and O–H groups in total. The van der Waals surface area contributed by atoms with Gasteiger partial charge in [-0.15, -0.1) is 0 Å². The second kappa shape index (κ2) is 5.14. The van der Waals surface area contributed by atoms with Gasteiger partial charge in [-0.2, -0.15) is 0 Å². The second-order valence-electron chi connectivity index (χ2n) is 6.51. The van der Waals surface area contributed by atoms with Crippen LogP contribution in [0.15, 0.2) is 0 Å². The largest absolute Gasteiger partial charge is 0.481 e. The van der Waals surface area contributed by atoms with Gasteiger partial charge in [-0.05, 0) is 43.4 Å². The lowest BCUT2D eigenvalue weighted by Crippen LogP contribution is -2.31. The first-order valence-corrected chi connectivity index (χ1v) is 7.67. The molecule has 0 aromatic carbocycles. The van der Waals surface area contributed by atoms with Crippen LogP contribution in [0.3, 0.4) is 0 Å². The zero-order valence-corrected chi connectivity index (χ0v) is 11.4. The minimum absolute atomic E-state index is 0.237. The van der Waals surface area contributed by atoms with Crippen molar-refractivity contribution in [3.63, 3.8) is 0 Å². The number of rotatable bonds is 4. The van der Waals surface area contributed by atoms with Gasteiger partial charge < -0.3 is 10.0 Å². The highest BCUT2D eigenvalue weighted by Gasteiger charge is 2.56. The fourth-order valence-electron chi connectivity index (χ4n) is 4.17. The van der Waals surface area contributed by atoms with Gasteiger partial charge in [-0.1, -0.05) is 12.8 Å². The molecule has 0 radical (unpaired) electrons. The fraction of sp³-hybridized carbons (Fsp3) is 0.867. The van der Waals surface area contributed by atoms with Crippen molar-refractivity contribution >= 4 is 11.9 Å². The Bertz CT molecular complexity index is 370. The maximum atomic E-state index is 12.5. The van der Waals surface area contributed by atoms with Gasteiger partial charge in [0.25, 0.3) is 0 Å². The SMILES string of the molecule is O=C(O)CCC1CCN(C(=O)C2C3CCCCC32)C1. The van der Waals surface area contributed by atoms with Crippen molar-refractivity contribution in [1.29, 1.82) is 0 Å². The summed E-state index contributed by atoms with van der Waals surface area (Å²) in [4.78, 5) is 25.1. The Morgan fingerprint density at radius 3 is 2.42 bits per heavy atom. The third kappa shape index (κ3) is 2.63. The van der Waals surface area contributed by atoms with E-state index in [-0.39, 0.29) is 6.42 Å². The predicted octanol–water partition coefficient (Wildman–Crippen LogP) is 2.14. The molecule has 0 aromatic rings. The van der Waals surface area contributed by atoms with Gasteiger partial charge >= 0.3 is 5.97 Å². The van der Waals surface area contributed by atoms with Crippen molar-refractivity contribution in [2.45, 2.75) is 44.9 Å². The molecule has 0 spiro atoms. The van der Waals surface area contributed by atoms with Gasteiger partial charge in [0, 0.05) is 25.4 Å². The first-order valence-electron chi connectivity index (χ1n) is 7.67. The molecule has 2 aliphatic carbocycles. The zero-order chi connectivity index (χ0) is 13.4. The highest BCUT2D eigenvalue weighted by molar-refractivity contribution is 5.82. The standard InChI is InChI=1S/C15H23NO3/c17-13(18)6-5-10-7-8-16(9-10)15(19)14-11-3-1-2-4-12(11)14/h10-12,14H,1-9H2,(H,17,18). The highest BCUT2D eigenvalue weighted by Crippen LogP contribution is 2.56. The van der Waals surface area contributed by atoms with E-state index in [1.807, 2.05) is 4.90 Å². The van der Waals surface area contributed by atoms with Crippen LogP contribution in [0.25, 0.3) is 0 Å². The zero-order valence-electron chi connectivity index (χ0n) is 11.4. The van der Waals surface area contributed by atoms with Crippen LogP contribution in [0.4, 0.5) is 0 Å². The average Bonchev–Trinajstić information content (AvgIpc) is 2.93. The van der Waals surface area contributed by atoms with Crippen LogP contribution in [-0.2, 0) is 9.59 Å². The molecule has 3 rings (SSSR count). The molecule has 1 amide bonds. The van der Waals surface area contributed by atoms with E-state index in [0.29, 0.717) is 29.6 Å². The lowest BCUT2D eigenvalue weighted by Gasteiger charge is -2.16. The molecule has 0 bridgehead atoms. The number of fused-ring (bicyclic) bond motifs is 1. The molecular formula is C15H23NO3. The summed E-state index contributed by atoms with van der Waals surface area (Å²) in [7, 11) is 0. The van der Waals surface area contributed by atoms with Crippen LogP contribution >= 0.6 is 0 Å². The van der Waals surface area contributed by atoms with E-state index in [4.69, 9.17) is 5.11 Å². The lowest BCUT2D eigenvalue weighted by molar-refractivity contribution is -0.137. The fourth-order valence-corrected chi connectivity index (χ4v) is 4.17. The van der Waals surface area contributed by atoms with Gasteiger partial charge in [0.05, 0.1) is 0 Å². The maximum Gasteiger partial charge on any atom is 0.303 e. The molecule has 3 fully saturated rings. The number of hydrogen-bond donors (Lipinski definition) is 1. The van der Waals surface area contributed by atoms with Gasteiger partial charge in [0.1, 0.15) is 0 Å². The first-order chi connectivity index (χ1) is 9.16. The van der Waals surface area contributed by atoms with Gasteiger partial charge in [-0.3, -0.25) is 9.59 Å². The number of aliphatic carboxylic acids is 1. The van der Waals surface area contributed by atoms with Crippen LogP contribution in [0.2, 0.25) is 0 Å². The number of carbonyl (C=O) groups excluding carboxylic acids is 1. The molecule has 3 aliphatic rings. The number of carboxylic acids is 1.